The molecule has 22 heavy (non-hydrogen) atoms. The number of fused-ring (bicyclic) bond motifs is 1. The Labute approximate surface area is 136 Å². The zero-order chi connectivity index (χ0) is 15.1. The molecule has 2 aliphatic rings. The number of pyridine rings is 1. The Balaban J connectivity index is 1.62. The van der Waals surface area contributed by atoms with Crippen molar-refractivity contribution < 1.29 is 4.79 Å². The SMILES string of the molecule is O=C1N(C2=Cc3scnc3CC2)CCN1c1cnccc1Cl. The van der Waals surface area contributed by atoms with E-state index in [9.17, 15) is 4.79 Å². The van der Waals surface area contributed by atoms with Crippen molar-refractivity contribution in [2.45, 2.75) is 12.8 Å². The summed E-state index contributed by atoms with van der Waals surface area (Å²) in [7, 11) is 0. The molecule has 0 N–H and O–H groups in total. The Morgan fingerprint density at radius 1 is 1.23 bits per heavy atom. The topological polar surface area (TPSA) is 49.3 Å². The van der Waals surface area contributed by atoms with E-state index >= 15 is 0 Å². The van der Waals surface area contributed by atoms with Gasteiger partial charge in [0.25, 0.3) is 0 Å². The predicted molar refractivity (Wildman–Crippen MR) is 87.1 cm³/mol. The Bertz CT molecular complexity index is 772. The van der Waals surface area contributed by atoms with Gasteiger partial charge in [-0.1, -0.05) is 11.6 Å². The third kappa shape index (κ3) is 2.19. The summed E-state index contributed by atoms with van der Waals surface area (Å²) in [5, 5.41) is 0.549. The fourth-order valence-corrected chi connectivity index (χ4v) is 3.86. The molecule has 1 aliphatic carbocycles. The van der Waals surface area contributed by atoms with Crippen molar-refractivity contribution >= 4 is 40.7 Å². The number of allylic oxidation sites excluding steroid dienone is 1. The first kappa shape index (κ1) is 13.7. The van der Waals surface area contributed by atoms with Crippen LogP contribution in [0.1, 0.15) is 17.0 Å². The van der Waals surface area contributed by atoms with Gasteiger partial charge in [-0.05, 0) is 25.0 Å². The monoisotopic (exact) mass is 332 g/mol. The normalized spacial score (nSPS) is 17.7. The largest absolute Gasteiger partial charge is 0.328 e. The first-order chi connectivity index (χ1) is 10.7. The summed E-state index contributed by atoms with van der Waals surface area (Å²) in [6.45, 7) is 1.29. The van der Waals surface area contributed by atoms with Crippen molar-refractivity contribution in [3.8, 4) is 0 Å². The van der Waals surface area contributed by atoms with Crippen molar-refractivity contribution in [3.63, 3.8) is 0 Å². The number of rotatable bonds is 2. The van der Waals surface area contributed by atoms with Gasteiger partial charge in [0.1, 0.15) is 0 Å². The van der Waals surface area contributed by atoms with E-state index in [4.69, 9.17) is 11.6 Å². The fraction of sp³-hybridized carbons (Fsp3) is 0.267. The van der Waals surface area contributed by atoms with Crippen LogP contribution in [-0.4, -0.2) is 34.0 Å². The van der Waals surface area contributed by atoms with Gasteiger partial charge in [0.2, 0.25) is 0 Å². The quantitative estimate of drug-likeness (QED) is 0.846. The summed E-state index contributed by atoms with van der Waals surface area (Å²) in [5.74, 6) is 0. The molecule has 3 heterocycles. The number of thiazole rings is 1. The van der Waals surface area contributed by atoms with Gasteiger partial charge in [-0.3, -0.25) is 14.8 Å². The molecule has 7 heteroatoms. The van der Waals surface area contributed by atoms with Crippen LogP contribution in [0.5, 0.6) is 0 Å². The molecule has 1 fully saturated rings. The van der Waals surface area contributed by atoms with Crippen LogP contribution in [0, 0.1) is 0 Å². The zero-order valence-electron chi connectivity index (χ0n) is 11.7. The van der Waals surface area contributed by atoms with Gasteiger partial charge in [-0.15, -0.1) is 11.3 Å². The summed E-state index contributed by atoms with van der Waals surface area (Å²) in [4.78, 5) is 25.8. The lowest BCUT2D eigenvalue weighted by atomic mass is 10.1. The molecule has 2 aromatic rings. The van der Waals surface area contributed by atoms with Crippen molar-refractivity contribution in [2.75, 3.05) is 18.0 Å². The smallest absolute Gasteiger partial charge is 0.296 e. The Morgan fingerprint density at radius 3 is 2.95 bits per heavy atom. The van der Waals surface area contributed by atoms with Gasteiger partial charge in [-0.2, -0.15) is 0 Å². The van der Waals surface area contributed by atoms with Gasteiger partial charge in [0, 0.05) is 25.0 Å². The molecule has 0 radical (unpaired) electrons. The highest BCUT2D eigenvalue weighted by Gasteiger charge is 2.33. The Kier molecular flexibility index (Phi) is 3.35. The molecule has 4 rings (SSSR count). The first-order valence-corrected chi connectivity index (χ1v) is 8.31. The first-order valence-electron chi connectivity index (χ1n) is 7.05. The summed E-state index contributed by atoms with van der Waals surface area (Å²) in [5.41, 5.74) is 4.72. The number of amides is 2. The number of hydrogen-bond acceptors (Lipinski definition) is 4. The minimum absolute atomic E-state index is 0.0332. The molecule has 112 valence electrons. The van der Waals surface area contributed by atoms with Crippen LogP contribution in [0.15, 0.2) is 29.7 Å². The van der Waals surface area contributed by atoms with E-state index in [-0.39, 0.29) is 6.03 Å². The molecule has 5 nitrogen and oxygen atoms in total. The summed E-state index contributed by atoms with van der Waals surface area (Å²) >= 11 is 7.80. The number of carbonyl (C=O) groups is 1. The Morgan fingerprint density at radius 2 is 2.09 bits per heavy atom. The van der Waals surface area contributed by atoms with E-state index in [0.717, 1.165) is 29.1 Å². The van der Waals surface area contributed by atoms with Gasteiger partial charge in [-0.25, -0.2) is 9.78 Å². The molecule has 0 unspecified atom stereocenters. The van der Waals surface area contributed by atoms with Crippen LogP contribution in [0.4, 0.5) is 10.5 Å². The molecule has 1 saturated heterocycles. The molecule has 2 amide bonds. The number of aromatic nitrogens is 2. The highest BCUT2D eigenvalue weighted by molar-refractivity contribution is 7.10. The molecule has 2 aromatic heterocycles. The van der Waals surface area contributed by atoms with Crippen LogP contribution in [0.25, 0.3) is 6.08 Å². The lowest BCUT2D eigenvalue weighted by Gasteiger charge is -2.23. The standard InChI is InChI=1S/C15H13ClN4OS/c16-11-3-4-17-8-13(11)20-6-5-19(15(20)21)10-1-2-12-14(7-10)22-9-18-12/h3-4,7-9H,1-2,5-6H2. The van der Waals surface area contributed by atoms with Crippen molar-refractivity contribution in [2.24, 2.45) is 0 Å². The third-order valence-corrected chi connectivity index (χ3v) is 5.12. The van der Waals surface area contributed by atoms with E-state index < -0.39 is 0 Å². The van der Waals surface area contributed by atoms with Crippen molar-refractivity contribution in [1.29, 1.82) is 0 Å². The second kappa shape index (κ2) is 5.37. The summed E-state index contributed by atoms with van der Waals surface area (Å²) in [6, 6.07) is 1.67. The molecule has 0 bridgehead atoms. The minimum atomic E-state index is -0.0332. The summed E-state index contributed by atoms with van der Waals surface area (Å²) < 4.78 is 0. The minimum Gasteiger partial charge on any atom is -0.296 e. The zero-order valence-corrected chi connectivity index (χ0v) is 13.3. The van der Waals surface area contributed by atoms with Crippen molar-refractivity contribution in [3.05, 3.63) is 45.3 Å². The van der Waals surface area contributed by atoms with Gasteiger partial charge < -0.3 is 0 Å². The van der Waals surface area contributed by atoms with Gasteiger partial charge in [0.05, 0.1) is 33.0 Å². The van der Waals surface area contributed by atoms with Crippen molar-refractivity contribution in [1.82, 2.24) is 14.9 Å². The number of halogens is 1. The second-order valence-electron chi connectivity index (χ2n) is 5.21. The second-order valence-corrected chi connectivity index (χ2v) is 6.51. The maximum atomic E-state index is 12.7. The fourth-order valence-electron chi connectivity index (χ4n) is 2.86. The molecular formula is C15H13ClN4OS. The molecule has 0 aromatic carbocycles. The lowest BCUT2D eigenvalue weighted by Crippen LogP contribution is -2.32. The number of nitrogens with zero attached hydrogens (tertiary/aromatic N) is 4. The number of hydrogen-bond donors (Lipinski definition) is 0. The Hall–Kier alpha value is -1.92. The highest BCUT2D eigenvalue weighted by Crippen LogP contribution is 2.33. The molecular weight excluding hydrogens is 320 g/mol. The molecule has 0 atom stereocenters. The van der Waals surface area contributed by atoms with E-state index in [2.05, 4.69) is 16.0 Å². The van der Waals surface area contributed by atoms with Crippen LogP contribution < -0.4 is 4.90 Å². The third-order valence-electron chi connectivity index (χ3n) is 3.98. The maximum Gasteiger partial charge on any atom is 0.328 e. The van der Waals surface area contributed by atoms with Crippen LogP contribution in [-0.2, 0) is 6.42 Å². The molecule has 1 aliphatic heterocycles. The van der Waals surface area contributed by atoms with E-state index in [1.54, 1.807) is 34.7 Å². The van der Waals surface area contributed by atoms with Crippen LogP contribution >= 0.6 is 22.9 Å². The lowest BCUT2D eigenvalue weighted by molar-refractivity contribution is 0.230. The van der Waals surface area contributed by atoms with Crippen LogP contribution in [0.3, 0.4) is 0 Å². The van der Waals surface area contributed by atoms with E-state index in [0.29, 0.717) is 23.8 Å². The number of carbonyl (C=O) groups excluding carboxylic acids is 1. The number of anilines is 1. The van der Waals surface area contributed by atoms with Crippen LogP contribution in [0.2, 0.25) is 5.02 Å². The average molecular weight is 333 g/mol. The molecule has 0 saturated carbocycles. The predicted octanol–water partition coefficient (Wildman–Crippen LogP) is 3.42. The number of urea groups is 1. The maximum absolute atomic E-state index is 12.7. The summed E-state index contributed by atoms with van der Waals surface area (Å²) in [6.07, 6.45) is 7.08. The highest BCUT2D eigenvalue weighted by atomic mass is 35.5. The number of aryl methyl sites for hydroxylation is 1. The van der Waals surface area contributed by atoms with E-state index in [1.807, 2.05) is 10.4 Å². The van der Waals surface area contributed by atoms with Gasteiger partial charge >= 0.3 is 6.03 Å². The van der Waals surface area contributed by atoms with E-state index in [1.165, 1.54) is 0 Å². The average Bonchev–Trinajstić information content (AvgIpc) is 3.13. The van der Waals surface area contributed by atoms with Gasteiger partial charge in [0.15, 0.2) is 0 Å². The molecule has 0 spiro atoms.